The average molecular weight is 392 g/mol. The van der Waals surface area contributed by atoms with Crippen LogP contribution in [0.25, 0.3) is 0 Å². The molecule has 0 saturated carbocycles. The van der Waals surface area contributed by atoms with Crippen molar-refractivity contribution in [1.82, 2.24) is 0 Å². The van der Waals surface area contributed by atoms with Crippen LogP contribution in [0.3, 0.4) is 0 Å². The van der Waals surface area contributed by atoms with Gasteiger partial charge in [0.15, 0.2) is 0 Å². The van der Waals surface area contributed by atoms with Crippen molar-refractivity contribution in [3.05, 3.63) is 58.1 Å². The number of halogens is 1. The zero-order valence-electron chi connectivity index (χ0n) is 13.4. The number of carboxylic acid groups (broad SMARTS) is 1. The third kappa shape index (κ3) is 4.83. The number of carboxylic acids is 1. The van der Waals surface area contributed by atoms with E-state index in [2.05, 4.69) is 21.2 Å². The molecule has 0 radical (unpaired) electrons. The van der Waals surface area contributed by atoms with Gasteiger partial charge >= 0.3 is 5.97 Å². The topological polar surface area (TPSA) is 75.6 Å². The highest BCUT2D eigenvalue weighted by molar-refractivity contribution is 9.10. The van der Waals surface area contributed by atoms with Crippen molar-refractivity contribution >= 4 is 33.5 Å². The number of hydrogen-bond donors (Lipinski definition) is 2. The van der Waals surface area contributed by atoms with E-state index in [1.165, 1.54) is 12.1 Å². The molecule has 126 valence electrons. The van der Waals surface area contributed by atoms with E-state index in [1.807, 2.05) is 19.9 Å². The highest BCUT2D eigenvalue weighted by atomic mass is 79.9. The lowest BCUT2D eigenvalue weighted by Gasteiger charge is -2.14. The third-order valence-corrected chi connectivity index (χ3v) is 3.64. The van der Waals surface area contributed by atoms with Crippen LogP contribution in [0.15, 0.2) is 46.9 Å². The average Bonchev–Trinajstić information content (AvgIpc) is 2.54. The van der Waals surface area contributed by atoms with Crippen molar-refractivity contribution in [3.63, 3.8) is 0 Å². The van der Waals surface area contributed by atoms with E-state index in [-0.39, 0.29) is 11.5 Å². The van der Waals surface area contributed by atoms with Crippen LogP contribution >= 0.6 is 15.9 Å². The summed E-state index contributed by atoms with van der Waals surface area (Å²) >= 11 is 3.35. The lowest BCUT2D eigenvalue weighted by atomic mass is 10.1. The summed E-state index contributed by atoms with van der Waals surface area (Å²) in [5.74, 6) is -0.484. The highest BCUT2D eigenvalue weighted by Gasteiger charge is 2.14. The first-order chi connectivity index (χ1) is 11.4. The molecule has 0 saturated heterocycles. The van der Waals surface area contributed by atoms with Crippen molar-refractivity contribution in [2.45, 2.75) is 13.8 Å². The van der Waals surface area contributed by atoms with Crippen molar-refractivity contribution in [2.24, 2.45) is 5.92 Å². The maximum absolute atomic E-state index is 12.5. The van der Waals surface area contributed by atoms with Gasteiger partial charge in [0.05, 0.1) is 17.7 Å². The van der Waals surface area contributed by atoms with Gasteiger partial charge in [-0.2, -0.15) is 0 Å². The number of ether oxygens (including phenoxy) is 1. The molecular formula is C18H18BrNO4. The zero-order chi connectivity index (χ0) is 17.7. The van der Waals surface area contributed by atoms with Gasteiger partial charge in [-0.15, -0.1) is 0 Å². The molecule has 2 aromatic rings. The summed E-state index contributed by atoms with van der Waals surface area (Å²) in [5.41, 5.74) is 1.09. The van der Waals surface area contributed by atoms with E-state index in [0.717, 1.165) is 4.47 Å². The van der Waals surface area contributed by atoms with Crippen molar-refractivity contribution in [3.8, 4) is 5.75 Å². The molecule has 0 aliphatic heterocycles. The van der Waals surface area contributed by atoms with Gasteiger partial charge < -0.3 is 15.2 Å². The number of carbonyl (C=O) groups is 2. The van der Waals surface area contributed by atoms with Gasteiger partial charge in [-0.3, -0.25) is 4.79 Å². The Morgan fingerprint density at radius 3 is 2.42 bits per heavy atom. The molecule has 0 aromatic heterocycles. The second kappa shape index (κ2) is 7.97. The molecule has 0 bridgehead atoms. The number of rotatable bonds is 6. The maximum atomic E-state index is 12.5. The minimum Gasteiger partial charge on any atom is -0.492 e. The SMILES string of the molecule is CC(C)COc1ccc(Br)cc1C(=O)Nc1ccc(C(=O)O)cc1. The molecule has 2 aromatic carbocycles. The van der Waals surface area contributed by atoms with Crippen molar-refractivity contribution in [2.75, 3.05) is 11.9 Å². The zero-order valence-corrected chi connectivity index (χ0v) is 15.0. The Kier molecular flexibility index (Phi) is 5.98. The monoisotopic (exact) mass is 391 g/mol. The highest BCUT2D eigenvalue weighted by Crippen LogP contribution is 2.25. The predicted molar refractivity (Wildman–Crippen MR) is 95.8 cm³/mol. The summed E-state index contributed by atoms with van der Waals surface area (Å²) in [6.45, 7) is 4.57. The van der Waals surface area contributed by atoms with Crippen LogP contribution in [-0.2, 0) is 0 Å². The molecule has 2 N–H and O–H groups in total. The number of benzene rings is 2. The molecule has 0 unspecified atom stereocenters. The second-order valence-electron chi connectivity index (χ2n) is 5.68. The van der Waals surface area contributed by atoms with E-state index < -0.39 is 5.97 Å². The molecule has 24 heavy (non-hydrogen) atoms. The maximum Gasteiger partial charge on any atom is 0.335 e. The van der Waals surface area contributed by atoms with Crippen LogP contribution in [0.4, 0.5) is 5.69 Å². The molecule has 0 atom stereocenters. The molecule has 5 nitrogen and oxygen atoms in total. The van der Waals surface area contributed by atoms with E-state index in [1.54, 1.807) is 24.3 Å². The summed E-state index contributed by atoms with van der Waals surface area (Å²) in [6.07, 6.45) is 0. The fourth-order valence-corrected chi connectivity index (χ4v) is 2.32. The summed E-state index contributed by atoms with van der Waals surface area (Å²) in [4.78, 5) is 23.4. The quantitative estimate of drug-likeness (QED) is 0.763. The minimum atomic E-state index is -1.01. The Bertz CT molecular complexity index is 741. The van der Waals surface area contributed by atoms with Crippen LogP contribution in [0.5, 0.6) is 5.75 Å². The number of amides is 1. The van der Waals surface area contributed by atoms with E-state index >= 15 is 0 Å². The molecule has 0 fully saturated rings. The van der Waals surface area contributed by atoms with E-state index in [4.69, 9.17) is 9.84 Å². The molecule has 2 rings (SSSR count). The van der Waals surface area contributed by atoms with Crippen LogP contribution in [-0.4, -0.2) is 23.6 Å². The number of aromatic carboxylic acids is 1. The number of nitrogens with one attached hydrogen (secondary N) is 1. The minimum absolute atomic E-state index is 0.163. The fraction of sp³-hybridized carbons (Fsp3) is 0.222. The standard InChI is InChI=1S/C18H18BrNO4/c1-11(2)10-24-16-8-5-13(19)9-15(16)17(21)20-14-6-3-12(4-7-14)18(22)23/h3-9,11H,10H2,1-2H3,(H,20,21)(H,22,23). The van der Waals surface area contributed by atoms with Gasteiger partial charge in [0.1, 0.15) is 5.75 Å². The van der Waals surface area contributed by atoms with Gasteiger partial charge in [-0.1, -0.05) is 29.8 Å². The van der Waals surface area contributed by atoms with Crippen LogP contribution in [0, 0.1) is 5.92 Å². The number of hydrogen-bond acceptors (Lipinski definition) is 3. The van der Waals surface area contributed by atoms with Crippen molar-refractivity contribution < 1.29 is 19.4 Å². The molecule has 0 aliphatic rings. The molecule has 1 amide bonds. The van der Waals surface area contributed by atoms with Crippen LogP contribution in [0.1, 0.15) is 34.6 Å². The van der Waals surface area contributed by atoms with Gasteiger partial charge in [0, 0.05) is 10.2 Å². The van der Waals surface area contributed by atoms with E-state index in [9.17, 15) is 9.59 Å². The first-order valence-electron chi connectivity index (χ1n) is 7.44. The summed E-state index contributed by atoms with van der Waals surface area (Å²) in [6, 6.07) is 11.2. The van der Waals surface area contributed by atoms with Gasteiger partial charge in [0.25, 0.3) is 5.91 Å². The summed E-state index contributed by atoms with van der Waals surface area (Å²) in [7, 11) is 0. The van der Waals surface area contributed by atoms with Gasteiger partial charge in [-0.25, -0.2) is 4.79 Å². The third-order valence-electron chi connectivity index (χ3n) is 3.15. The Labute approximate surface area is 148 Å². The van der Waals surface area contributed by atoms with Gasteiger partial charge in [0.2, 0.25) is 0 Å². The molecule has 0 spiro atoms. The van der Waals surface area contributed by atoms with Crippen molar-refractivity contribution in [1.29, 1.82) is 0 Å². The van der Waals surface area contributed by atoms with E-state index in [0.29, 0.717) is 29.5 Å². The Hall–Kier alpha value is -2.34. The smallest absolute Gasteiger partial charge is 0.335 e. The Balaban J connectivity index is 2.19. The molecule has 0 aliphatic carbocycles. The predicted octanol–water partition coefficient (Wildman–Crippen LogP) is 4.43. The first kappa shape index (κ1) is 18.0. The summed E-state index contributed by atoms with van der Waals surface area (Å²) in [5, 5.41) is 11.6. The largest absolute Gasteiger partial charge is 0.492 e. The Morgan fingerprint density at radius 2 is 1.83 bits per heavy atom. The van der Waals surface area contributed by atoms with Crippen LogP contribution < -0.4 is 10.1 Å². The number of anilines is 1. The fourth-order valence-electron chi connectivity index (χ4n) is 1.96. The summed E-state index contributed by atoms with van der Waals surface area (Å²) < 4.78 is 6.47. The normalized spacial score (nSPS) is 10.5. The van der Waals surface area contributed by atoms with Gasteiger partial charge in [-0.05, 0) is 48.4 Å². The Morgan fingerprint density at radius 1 is 1.17 bits per heavy atom. The number of carbonyl (C=O) groups excluding carboxylic acids is 1. The first-order valence-corrected chi connectivity index (χ1v) is 8.23. The molecule has 0 heterocycles. The second-order valence-corrected chi connectivity index (χ2v) is 6.60. The molecule has 6 heteroatoms. The lowest BCUT2D eigenvalue weighted by molar-refractivity contribution is 0.0696. The van der Waals surface area contributed by atoms with Crippen LogP contribution in [0.2, 0.25) is 0 Å². The molecular weight excluding hydrogens is 374 g/mol. The lowest BCUT2D eigenvalue weighted by Crippen LogP contribution is -2.15.